The lowest BCUT2D eigenvalue weighted by Gasteiger charge is -2.13. The molecule has 6 heteroatoms. The second-order valence-electron chi connectivity index (χ2n) is 4.47. The van der Waals surface area contributed by atoms with Gasteiger partial charge >= 0.3 is 6.29 Å². The molecule has 1 heterocycles. The van der Waals surface area contributed by atoms with Crippen LogP contribution in [0.15, 0.2) is 18.2 Å². The Kier molecular flexibility index (Phi) is 2.55. The van der Waals surface area contributed by atoms with E-state index in [1.165, 1.54) is 12.1 Å². The van der Waals surface area contributed by atoms with Crippen LogP contribution < -0.4 is 9.47 Å². The fourth-order valence-corrected chi connectivity index (χ4v) is 2.96. The van der Waals surface area contributed by atoms with Gasteiger partial charge in [-0.3, -0.25) is 4.79 Å². The summed E-state index contributed by atoms with van der Waals surface area (Å²) >= 11 is 2.02. The number of carbonyl (C=O) groups excluding carboxylic acids is 1. The van der Waals surface area contributed by atoms with Crippen LogP contribution in [-0.4, -0.2) is 16.5 Å². The van der Waals surface area contributed by atoms with Crippen LogP contribution in [-0.2, 0) is 10.2 Å². The first-order valence-corrected chi connectivity index (χ1v) is 6.99. The molecule has 0 aromatic heterocycles. The molecule has 0 atom stereocenters. The van der Waals surface area contributed by atoms with Gasteiger partial charge in [0.1, 0.15) is 0 Å². The number of rotatable bonds is 3. The quantitative estimate of drug-likeness (QED) is 0.610. The predicted octanol–water partition coefficient (Wildman–Crippen LogP) is 3.04. The lowest BCUT2D eigenvalue weighted by atomic mass is 9.92. The monoisotopic (exact) mass is 366 g/mol. The first kappa shape index (κ1) is 12.1. The molecule has 0 saturated heterocycles. The van der Waals surface area contributed by atoms with Gasteiger partial charge in [0.15, 0.2) is 17.3 Å². The summed E-state index contributed by atoms with van der Waals surface area (Å²) in [7, 11) is 0. The van der Waals surface area contributed by atoms with Gasteiger partial charge in [0.2, 0.25) is 0 Å². The summed E-state index contributed by atoms with van der Waals surface area (Å²) in [6, 6.07) is 4.60. The molecule has 96 valence electrons. The molecule has 0 amide bonds. The molecule has 0 N–H and O–H groups in total. The van der Waals surface area contributed by atoms with Crippen molar-refractivity contribution in [2.24, 2.45) is 0 Å². The SMILES string of the molecule is O=C(CI)C1(c2ccc3c(c2)OC(F)(F)O3)CC1. The first-order valence-electron chi connectivity index (χ1n) is 5.46. The molecule has 1 aliphatic carbocycles. The minimum atomic E-state index is -3.61. The summed E-state index contributed by atoms with van der Waals surface area (Å²) in [6.07, 6.45) is -2.07. The highest BCUT2D eigenvalue weighted by atomic mass is 127. The number of alkyl halides is 3. The zero-order chi connectivity index (χ0) is 13.0. The number of Topliss-reactive ketones (excluding diaryl/α,β-unsaturated/α-hetero) is 1. The third kappa shape index (κ3) is 1.77. The Morgan fingerprint density at radius 2 is 1.94 bits per heavy atom. The van der Waals surface area contributed by atoms with Gasteiger partial charge in [-0.05, 0) is 30.5 Å². The molecule has 0 spiro atoms. The largest absolute Gasteiger partial charge is 0.586 e. The van der Waals surface area contributed by atoms with Crippen molar-refractivity contribution in [3.05, 3.63) is 23.8 Å². The fraction of sp³-hybridized carbons (Fsp3) is 0.417. The molecule has 2 aliphatic rings. The maximum absolute atomic E-state index is 12.9. The van der Waals surface area contributed by atoms with E-state index in [1.807, 2.05) is 22.6 Å². The van der Waals surface area contributed by atoms with E-state index in [9.17, 15) is 13.6 Å². The Balaban J connectivity index is 1.96. The molecule has 1 aromatic rings. The number of benzene rings is 1. The summed E-state index contributed by atoms with van der Waals surface area (Å²) < 4.78 is 34.9. The van der Waals surface area contributed by atoms with Crippen molar-refractivity contribution in [3.8, 4) is 11.5 Å². The number of ether oxygens (including phenoxy) is 2. The van der Waals surface area contributed by atoms with Gasteiger partial charge in [0.05, 0.1) is 9.84 Å². The van der Waals surface area contributed by atoms with E-state index in [1.54, 1.807) is 6.07 Å². The van der Waals surface area contributed by atoms with E-state index in [-0.39, 0.29) is 17.3 Å². The van der Waals surface area contributed by atoms with Gasteiger partial charge in [-0.15, -0.1) is 8.78 Å². The summed E-state index contributed by atoms with van der Waals surface area (Å²) in [5, 5.41) is 0. The minimum absolute atomic E-state index is 0.00466. The molecule has 3 nitrogen and oxygen atoms in total. The van der Waals surface area contributed by atoms with Crippen molar-refractivity contribution < 1.29 is 23.0 Å². The van der Waals surface area contributed by atoms with Crippen LogP contribution in [0.5, 0.6) is 11.5 Å². The summed E-state index contributed by atoms with van der Waals surface area (Å²) in [5.41, 5.74) is 0.251. The molecule has 1 fully saturated rings. The Bertz CT molecular complexity index is 526. The average molecular weight is 366 g/mol. The van der Waals surface area contributed by atoms with E-state index in [4.69, 9.17) is 0 Å². The zero-order valence-corrected chi connectivity index (χ0v) is 11.4. The number of halogens is 3. The Morgan fingerprint density at radius 3 is 2.56 bits per heavy atom. The molecular weight excluding hydrogens is 357 g/mol. The summed E-state index contributed by atoms with van der Waals surface area (Å²) in [4.78, 5) is 11.9. The normalized spacial score (nSPS) is 21.7. The van der Waals surface area contributed by atoms with Gasteiger partial charge in [-0.25, -0.2) is 0 Å². The molecule has 3 rings (SSSR count). The van der Waals surface area contributed by atoms with E-state index >= 15 is 0 Å². The Labute approximate surface area is 116 Å². The number of carbonyl (C=O) groups is 1. The number of hydrogen-bond donors (Lipinski definition) is 0. The highest BCUT2D eigenvalue weighted by Gasteiger charge is 2.51. The van der Waals surface area contributed by atoms with Gasteiger partial charge < -0.3 is 9.47 Å². The van der Waals surface area contributed by atoms with Gasteiger partial charge in [-0.2, -0.15) is 0 Å². The Morgan fingerprint density at radius 1 is 1.28 bits per heavy atom. The molecule has 0 radical (unpaired) electrons. The van der Waals surface area contributed by atoms with E-state index < -0.39 is 11.7 Å². The molecule has 18 heavy (non-hydrogen) atoms. The van der Waals surface area contributed by atoms with Crippen molar-refractivity contribution in [2.45, 2.75) is 24.6 Å². The smallest absolute Gasteiger partial charge is 0.395 e. The van der Waals surface area contributed by atoms with Crippen molar-refractivity contribution in [1.29, 1.82) is 0 Å². The van der Waals surface area contributed by atoms with Crippen molar-refractivity contribution in [1.82, 2.24) is 0 Å². The molecule has 0 unspecified atom stereocenters. The highest BCUT2D eigenvalue weighted by Crippen LogP contribution is 2.52. The standard InChI is InChI=1S/C12H9F2IO3/c13-12(14)17-8-2-1-7(5-9(8)18-12)11(3-4-11)10(16)6-15/h1-2,5H,3-4,6H2. The third-order valence-electron chi connectivity index (χ3n) is 3.36. The molecular formula is C12H9F2IO3. The average Bonchev–Trinajstić information content (AvgIpc) is 3.05. The van der Waals surface area contributed by atoms with Gasteiger partial charge in [0.25, 0.3) is 0 Å². The molecule has 1 aliphatic heterocycles. The van der Waals surface area contributed by atoms with Gasteiger partial charge in [0, 0.05) is 0 Å². The maximum atomic E-state index is 12.9. The summed E-state index contributed by atoms with van der Waals surface area (Å²) in [5.74, 6) is 0.153. The van der Waals surface area contributed by atoms with Crippen molar-refractivity contribution in [2.75, 3.05) is 4.43 Å². The van der Waals surface area contributed by atoms with Crippen LogP contribution in [0.4, 0.5) is 8.78 Å². The number of ketones is 1. The lowest BCUT2D eigenvalue weighted by Crippen LogP contribution is -2.26. The minimum Gasteiger partial charge on any atom is -0.395 e. The van der Waals surface area contributed by atoms with Crippen LogP contribution in [0, 0.1) is 0 Å². The number of hydrogen-bond acceptors (Lipinski definition) is 3. The van der Waals surface area contributed by atoms with Crippen molar-refractivity contribution in [3.63, 3.8) is 0 Å². The second-order valence-corrected chi connectivity index (χ2v) is 5.23. The molecule has 0 bridgehead atoms. The second kappa shape index (κ2) is 3.79. The summed E-state index contributed by atoms with van der Waals surface area (Å²) in [6.45, 7) is 0. The fourth-order valence-electron chi connectivity index (χ4n) is 2.23. The van der Waals surface area contributed by atoms with Gasteiger partial charge in [-0.1, -0.05) is 28.7 Å². The van der Waals surface area contributed by atoms with E-state index in [0.29, 0.717) is 4.43 Å². The van der Waals surface area contributed by atoms with Crippen LogP contribution in [0.2, 0.25) is 0 Å². The molecule has 1 aromatic carbocycles. The van der Waals surface area contributed by atoms with Crippen LogP contribution in [0.3, 0.4) is 0 Å². The van der Waals surface area contributed by atoms with Crippen LogP contribution >= 0.6 is 22.6 Å². The van der Waals surface area contributed by atoms with E-state index in [0.717, 1.165) is 18.4 Å². The van der Waals surface area contributed by atoms with E-state index in [2.05, 4.69) is 9.47 Å². The maximum Gasteiger partial charge on any atom is 0.586 e. The van der Waals surface area contributed by atoms with Crippen molar-refractivity contribution >= 4 is 28.4 Å². The number of fused-ring (bicyclic) bond motifs is 1. The van der Waals surface area contributed by atoms with Crippen LogP contribution in [0.1, 0.15) is 18.4 Å². The predicted molar refractivity (Wildman–Crippen MR) is 67.5 cm³/mol. The Hall–Kier alpha value is -0.920. The zero-order valence-electron chi connectivity index (χ0n) is 9.21. The third-order valence-corrected chi connectivity index (χ3v) is 4.05. The van der Waals surface area contributed by atoms with Crippen LogP contribution in [0.25, 0.3) is 0 Å². The highest BCUT2D eigenvalue weighted by molar-refractivity contribution is 14.1. The first-order chi connectivity index (χ1) is 8.47. The molecule has 1 saturated carbocycles. The lowest BCUT2D eigenvalue weighted by molar-refractivity contribution is -0.286. The topological polar surface area (TPSA) is 35.5 Å².